The Morgan fingerprint density at radius 1 is 1.33 bits per heavy atom. The number of hydrogen-bond acceptors (Lipinski definition) is 3. The second-order valence-electron chi connectivity index (χ2n) is 3.53. The maximum absolute atomic E-state index is 5.48. The zero-order chi connectivity index (χ0) is 8.97. The molecule has 0 unspecified atom stereocenters. The first-order valence-electron chi connectivity index (χ1n) is 4.50. The highest BCUT2D eigenvalue weighted by atomic mass is 15.2. The van der Waals surface area contributed by atoms with Crippen molar-refractivity contribution in [1.29, 1.82) is 0 Å². The molecule has 1 fully saturated rings. The molecular formula is C9H19N3. The summed E-state index contributed by atoms with van der Waals surface area (Å²) in [5, 5.41) is 0. The number of likely N-dealkylation sites (N-methyl/N-ethyl adjacent to an activating group) is 1. The molecule has 1 heterocycles. The summed E-state index contributed by atoms with van der Waals surface area (Å²) in [7, 11) is 2.16. The molecule has 0 aromatic carbocycles. The highest BCUT2D eigenvalue weighted by molar-refractivity contribution is 4.99. The number of hydrogen-bond donors (Lipinski definition) is 1. The van der Waals surface area contributed by atoms with Gasteiger partial charge in [0.25, 0.3) is 0 Å². The number of rotatable bonds is 3. The smallest absolute Gasteiger partial charge is 0.0203 e. The lowest BCUT2D eigenvalue weighted by molar-refractivity contribution is 0.164. The van der Waals surface area contributed by atoms with Crippen LogP contribution in [-0.4, -0.2) is 56.1 Å². The SMILES string of the molecule is C=C(CN)CN1CCN(C)CC1. The molecule has 1 saturated heterocycles. The minimum absolute atomic E-state index is 0.617. The molecule has 1 rings (SSSR count). The van der Waals surface area contributed by atoms with E-state index in [-0.39, 0.29) is 0 Å². The van der Waals surface area contributed by atoms with Crippen molar-refractivity contribution in [3.8, 4) is 0 Å². The van der Waals surface area contributed by atoms with Crippen LogP contribution in [0.25, 0.3) is 0 Å². The Bertz CT molecular complexity index is 148. The fraction of sp³-hybridized carbons (Fsp3) is 0.778. The third-order valence-corrected chi connectivity index (χ3v) is 2.33. The predicted octanol–water partition coefficient (Wildman–Crippen LogP) is -0.251. The summed E-state index contributed by atoms with van der Waals surface area (Å²) >= 11 is 0. The lowest BCUT2D eigenvalue weighted by atomic mass is 10.2. The number of piperazine rings is 1. The molecule has 0 aromatic rings. The highest BCUT2D eigenvalue weighted by Crippen LogP contribution is 2.01. The average Bonchev–Trinajstić information content (AvgIpc) is 2.09. The number of nitrogens with zero attached hydrogens (tertiary/aromatic N) is 2. The van der Waals surface area contributed by atoms with E-state index in [9.17, 15) is 0 Å². The van der Waals surface area contributed by atoms with Crippen LogP contribution in [0.3, 0.4) is 0 Å². The van der Waals surface area contributed by atoms with Gasteiger partial charge in [-0.3, -0.25) is 4.90 Å². The first kappa shape index (κ1) is 9.71. The Kier molecular flexibility index (Phi) is 3.72. The molecular weight excluding hydrogens is 150 g/mol. The highest BCUT2D eigenvalue weighted by Gasteiger charge is 2.13. The molecule has 70 valence electrons. The second kappa shape index (κ2) is 4.60. The Hall–Kier alpha value is -0.380. The average molecular weight is 169 g/mol. The summed E-state index contributed by atoms with van der Waals surface area (Å²) in [5.41, 5.74) is 6.62. The van der Waals surface area contributed by atoms with E-state index in [1.807, 2.05) is 0 Å². The molecule has 3 nitrogen and oxygen atoms in total. The van der Waals surface area contributed by atoms with Gasteiger partial charge in [0, 0.05) is 39.3 Å². The van der Waals surface area contributed by atoms with Crippen molar-refractivity contribution in [2.75, 3.05) is 46.3 Å². The maximum Gasteiger partial charge on any atom is 0.0203 e. The molecule has 0 aromatic heterocycles. The quantitative estimate of drug-likeness (QED) is 0.591. The normalized spacial score (nSPS) is 21.2. The Labute approximate surface area is 74.8 Å². The zero-order valence-corrected chi connectivity index (χ0v) is 7.92. The summed E-state index contributed by atoms with van der Waals surface area (Å²) in [6.45, 7) is 10.1. The van der Waals surface area contributed by atoms with Crippen LogP contribution in [0.4, 0.5) is 0 Å². The van der Waals surface area contributed by atoms with Crippen LogP contribution < -0.4 is 5.73 Å². The largest absolute Gasteiger partial charge is 0.327 e. The van der Waals surface area contributed by atoms with Gasteiger partial charge in [0.15, 0.2) is 0 Å². The summed E-state index contributed by atoms with van der Waals surface area (Å²) in [4.78, 5) is 4.76. The molecule has 0 amide bonds. The molecule has 0 bridgehead atoms. The lowest BCUT2D eigenvalue weighted by Crippen LogP contribution is -2.45. The van der Waals surface area contributed by atoms with Gasteiger partial charge in [0.1, 0.15) is 0 Å². The van der Waals surface area contributed by atoms with Gasteiger partial charge in [0.05, 0.1) is 0 Å². The molecule has 12 heavy (non-hydrogen) atoms. The van der Waals surface area contributed by atoms with Gasteiger partial charge in [-0.15, -0.1) is 0 Å². The van der Waals surface area contributed by atoms with Crippen LogP contribution in [0.2, 0.25) is 0 Å². The van der Waals surface area contributed by atoms with Crippen molar-refractivity contribution in [2.24, 2.45) is 5.73 Å². The van der Waals surface area contributed by atoms with E-state index in [4.69, 9.17) is 5.73 Å². The van der Waals surface area contributed by atoms with Crippen LogP contribution in [0.15, 0.2) is 12.2 Å². The van der Waals surface area contributed by atoms with Crippen LogP contribution in [-0.2, 0) is 0 Å². The molecule has 0 aliphatic carbocycles. The second-order valence-corrected chi connectivity index (χ2v) is 3.53. The minimum Gasteiger partial charge on any atom is -0.327 e. The van der Waals surface area contributed by atoms with Crippen LogP contribution in [0, 0.1) is 0 Å². The van der Waals surface area contributed by atoms with Crippen molar-refractivity contribution in [3.63, 3.8) is 0 Å². The van der Waals surface area contributed by atoms with E-state index >= 15 is 0 Å². The fourth-order valence-electron chi connectivity index (χ4n) is 1.39. The minimum atomic E-state index is 0.617. The topological polar surface area (TPSA) is 32.5 Å². The van der Waals surface area contributed by atoms with Crippen LogP contribution in [0.5, 0.6) is 0 Å². The Balaban J connectivity index is 2.21. The van der Waals surface area contributed by atoms with Gasteiger partial charge >= 0.3 is 0 Å². The van der Waals surface area contributed by atoms with E-state index in [1.54, 1.807) is 0 Å². The first-order valence-corrected chi connectivity index (χ1v) is 4.50. The summed E-state index contributed by atoms with van der Waals surface area (Å²) in [6.07, 6.45) is 0. The fourth-order valence-corrected chi connectivity index (χ4v) is 1.39. The van der Waals surface area contributed by atoms with Crippen molar-refractivity contribution < 1.29 is 0 Å². The molecule has 0 radical (unpaired) electrons. The van der Waals surface area contributed by atoms with Crippen molar-refractivity contribution in [2.45, 2.75) is 0 Å². The Morgan fingerprint density at radius 3 is 2.42 bits per heavy atom. The third kappa shape index (κ3) is 2.93. The molecule has 2 N–H and O–H groups in total. The van der Waals surface area contributed by atoms with Crippen LogP contribution >= 0.6 is 0 Å². The molecule has 1 aliphatic rings. The van der Waals surface area contributed by atoms with Gasteiger partial charge in [-0.05, 0) is 12.6 Å². The first-order chi connectivity index (χ1) is 5.72. The molecule has 1 aliphatic heterocycles. The van der Waals surface area contributed by atoms with Crippen molar-refractivity contribution in [1.82, 2.24) is 9.80 Å². The molecule has 3 heteroatoms. The van der Waals surface area contributed by atoms with Gasteiger partial charge < -0.3 is 10.6 Å². The molecule has 0 saturated carbocycles. The van der Waals surface area contributed by atoms with E-state index in [2.05, 4.69) is 23.4 Å². The van der Waals surface area contributed by atoms with Gasteiger partial charge in [0.2, 0.25) is 0 Å². The number of nitrogens with two attached hydrogens (primary N) is 1. The van der Waals surface area contributed by atoms with E-state index in [1.165, 1.54) is 0 Å². The summed E-state index contributed by atoms with van der Waals surface area (Å²) < 4.78 is 0. The summed E-state index contributed by atoms with van der Waals surface area (Å²) in [6, 6.07) is 0. The Morgan fingerprint density at radius 2 is 1.92 bits per heavy atom. The predicted molar refractivity (Wildman–Crippen MR) is 52.1 cm³/mol. The van der Waals surface area contributed by atoms with Gasteiger partial charge in [-0.2, -0.15) is 0 Å². The molecule has 0 spiro atoms. The zero-order valence-electron chi connectivity index (χ0n) is 7.92. The van der Waals surface area contributed by atoms with Crippen LogP contribution in [0.1, 0.15) is 0 Å². The third-order valence-electron chi connectivity index (χ3n) is 2.33. The van der Waals surface area contributed by atoms with Gasteiger partial charge in [-0.25, -0.2) is 0 Å². The van der Waals surface area contributed by atoms with Crippen molar-refractivity contribution in [3.05, 3.63) is 12.2 Å². The standard InChI is InChI=1S/C9H19N3/c1-9(7-10)8-12-5-3-11(2)4-6-12/h1,3-8,10H2,2H3. The lowest BCUT2D eigenvalue weighted by Gasteiger charge is -2.32. The molecule has 0 atom stereocenters. The van der Waals surface area contributed by atoms with Crippen molar-refractivity contribution >= 4 is 0 Å². The maximum atomic E-state index is 5.48. The van der Waals surface area contributed by atoms with E-state index in [0.29, 0.717) is 6.54 Å². The van der Waals surface area contributed by atoms with Gasteiger partial charge in [-0.1, -0.05) is 6.58 Å². The summed E-state index contributed by atoms with van der Waals surface area (Å²) in [5.74, 6) is 0. The van der Waals surface area contributed by atoms with E-state index < -0.39 is 0 Å². The monoisotopic (exact) mass is 169 g/mol. The van der Waals surface area contributed by atoms with E-state index in [0.717, 1.165) is 38.3 Å².